The van der Waals surface area contributed by atoms with E-state index in [1.54, 1.807) is 0 Å². The van der Waals surface area contributed by atoms with Crippen LogP contribution in [0, 0.1) is 0 Å². The van der Waals surface area contributed by atoms with Gasteiger partial charge in [-0.3, -0.25) is 0 Å². The van der Waals surface area contributed by atoms with E-state index >= 15 is 0 Å². The van der Waals surface area contributed by atoms with Gasteiger partial charge in [0.1, 0.15) is 0 Å². The zero-order valence-electron chi connectivity index (χ0n) is 32.9. The van der Waals surface area contributed by atoms with E-state index in [0.29, 0.717) is 0 Å². The molecule has 60 heavy (non-hydrogen) atoms. The average molecular weight is 782 g/mol. The SMILES string of the molecule is c1ccc(-c2cc(-c3ccccc3)cc(-c3ccc(N(c4ccc(-c5cccc(-c6cccc7ccccc67)c5)cc4)c4cccc5c4sc4ccccc45)cc3)c2)cc1. The summed E-state index contributed by atoms with van der Waals surface area (Å²) in [5, 5.41) is 5.10. The molecule has 0 aliphatic carbocycles. The van der Waals surface area contributed by atoms with Gasteiger partial charge in [0.25, 0.3) is 0 Å². The first-order valence-corrected chi connectivity index (χ1v) is 21.3. The summed E-state index contributed by atoms with van der Waals surface area (Å²) < 4.78 is 2.57. The number of anilines is 3. The molecule has 0 radical (unpaired) electrons. The van der Waals surface area contributed by atoms with E-state index in [1.165, 1.54) is 92.3 Å². The lowest BCUT2D eigenvalue weighted by atomic mass is 9.93. The molecule has 1 nitrogen and oxygen atoms in total. The van der Waals surface area contributed by atoms with Crippen LogP contribution in [0.2, 0.25) is 0 Å². The van der Waals surface area contributed by atoms with Crippen molar-refractivity contribution in [2.45, 2.75) is 0 Å². The topological polar surface area (TPSA) is 3.24 Å². The van der Waals surface area contributed by atoms with Gasteiger partial charge >= 0.3 is 0 Å². The van der Waals surface area contributed by atoms with Gasteiger partial charge in [-0.2, -0.15) is 0 Å². The van der Waals surface area contributed by atoms with Crippen LogP contribution in [0.4, 0.5) is 17.1 Å². The summed E-state index contributed by atoms with van der Waals surface area (Å²) >= 11 is 1.86. The van der Waals surface area contributed by atoms with Gasteiger partial charge < -0.3 is 4.90 Å². The number of benzene rings is 10. The first kappa shape index (κ1) is 35.6. The molecule has 11 aromatic rings. The molecule has 0 atom stereocenters. The zero-order chi connectivity index (χ0) is 39.8. The summed E-state index contributed by atoms with van der Waals surface area (Å²) in [4.78, 5) is 2.42. The minimum absolute atomic E-state index is 1.11. The van der Waals surface area contributed by atoms with E-state index in [2.05, 4.69) is 241 Å². The second kappa shape index (κ2) is 15.3. The molecule has 10 aromatic carbocycles. The van der Waals surface area contributed by atoms with Gasteiger partial charge in [-0.15, -0.1) is 11.3 Å². The molecule has 0 bridgehead atoms. The van der Waals surface area contributed by atoms with Crippen molar-refractivity contribution in [1.82, 2.24) is 0 Å². The molecule has 0 saturated heterocycles. The van der Waals surface area contributed by atoms with Crippen molar-refractivity contribution in [1.29, 1.82) is 0 Å². The molecule has 1 aromatic heterocycles. The maximum Gasteiger partial charge on any atom is 0.0640 e. The Bertz CT molecular complexity index is 3230. The molecule has 0 fully saturated rings. The Morgan fingerprint density at radius 2 is 0.733 bits per heavy atom. The second-order valence-electron chi connectivity index (χ2n) is 15.3. The van der Waals surface area contributed by atoms with E-state index in [-0.39, 0.29) is 0 Å². The summed E-state index contributed by atoms with van der Waals surface area (Å²) in [7, 11) is 0. The Morgan fingerprint density at radius 1 is 0.283 bits per heavy atom. The lowest BCUT2D eigenvalue weighted by Gasteiger charge is -2.26. The van der Waals surface area contributed by atoms with Crippen LogP contribution in [0.5, 0.6) is 0 Å². The molecular formula is C58H39NS. The molecule has 0 aliphatic heterocycles. The van der Waals surface area contributed by atoms with E-state index in [9.17, 15) is 0 Å². The molecule has 0 N–H and O–H groups in total. The Kier molecular flexibility index (Phi) is 9.11. The Labute approximate surface area is 354 Å². The fourth-order valence-electron chi connectivity index (χ4n) is 8.67. The van der Waals surface area contributed by atoms with Gasteiger partial charge in [-0.05, 0) is 127 Å². The predicted octanol–water partition coefficient (Wildman–Crippen LogP) is 17.0. The van der Waals surface area contributed by atoms with Crippen LogP contribution in [-0.2, 0) is 0 Å². The molecular weight excluding hydrogens is 743 g/mol. The maximum absolute atomic E-state index is 2.42. The third-order valence-corrected chi connectivity index (χ3v) is 12.9. The van der Waals surface area contributed by atoms with Crippen molar-refractivity contribution in [3.05, 3.63) is 237 Å². The molecule has 2 heteroatoms. The van der Waals surface area contributed by atoms with Crippen LogP contribution in [0.3, 0.4) is 0 Å². The van der Waals surface area contributed by atoms with Gasteiger partial charge in [0.15, 0.2) is 0 Å². The summed E-state index contributed by atoms with van der Waals surface area (Å²) in [5.41, 5.74) is 15.4. The fourth-order valence-corrected chi connectivity index (χ4v) is 9.88. The highest BCUT2D eigenvalue weighted by atomic mass is 32.1. The smallest absolute Gasteiger partial charge is 0.0640 e. The Balaban J connectivity index is 1.01. The molecule has 11 rings (SSSR count). The first-order chi connectivity index (χ1) is 29.7. The van der Waals surface area contributed by atoms with E-state index in [4.69, 9.17) is 0 Å². The number of nitrogens with zero attached hydrogens (tertiary/aromatic N) is 1. The first-order valence-electron chi connectivity index (χ1n) is 20.5. The van der Waals surface area contributed by atoms with Crippen LogP contribution < -0.4 is 4.90 Å². The maximum atomic E-state index is 2.42. The fraction of sp³-hybridized carbons (Fsp3) is 0. The molecule has 0 unspecified atom stereocenters. The van der Waals surface area contributed by atoms with Gasteiger partial charge in [0.2, 0.25) is 0 Å². The van der Waals surface area contributed by atoms with Crippen molar-refractivity contribution in [2.75, 3.05) is 4.90 Å². The van der Waals surface area contributed by atoms with Gasteiger partial charge in [0.05, 0.1) is 10.4 Å². The van der Waals surface area contributed by atoms with Gasteiger partial charge in [-0.25, -0.2) is 0 Å². The highest BCUT2D eigenvalue weighted by molar-refractivity contribution is 7.26. The van der Waals surface area contributed by atoms with Crippen molar-refractivity contribution < 1.29 is 0 Å². The highest BCUT2D eigenvalue weighted by Gasteiger charge is 2.19. The van der Waals surface area contributed by atoms with E-state index < -0.39 is 0 Å². The summed E-state index contributed by atoms with van der Waals surface area (Å²) in [5.74, 6) is 0. The van der Waals surface area contributed by atoms with Crippen LogP contribution in [0.25, 0.3) is 86.6 Å². The van der Waals surface area contributed by atoms with Crippen molar-refractivity contribution in [2.24, 2.45) is 0 Å². The van der Waals surface area contributed by atoms with Crippen molar-refractivity contribution in [3.63, 3.8) is 0 Å². The quantitative estimate of drug-likeness (QED) is 0.148. The number of hydrogen-bond acceptors (Lipinski definition) is 2. The van der Waals surface area contributed by atoms with Crippen LogP contribution in [0.15, 0.2) is 237 Å². The van der Waals surface area contributed by atoms with E-state index in [1.807, 2.05) is 11.3 Å². The molecule has 1 heterocycles. The number of thiophene rings is 1. The molecule has 0 amide bonds. The summed E-state index contributed by atoms with van der Waals surface area (Å²) in [6, 6.07) is 86.1. The zero-order valence-corrected chi connectivity index (χ0v) is 33.7. The number of rotatable bonds is 8. The summed E-state index contributed by atoms with van der Waals surface area (Å²) in [6.07, 6.45) is 0. The lowest BCUT2D eigenvalue weighted by molar-refractivity contribution is 1.30. The minimum atomic E-state index is 1.11. The normalized spacial score (nSPS) is 11.3. The molecule has 282 valence electrons. The van der Waals surface area contributed by atoms with Crippen molar-refractivity contribution in [3.8, 4) is 55.6 Å². The van der Waals surface area contributed by atoms with Gasteiger partial charge in [0, 0.05) is 26.8 Å². The standard InChI is InChI=1S/C58H39NS/c1-3-14-40(15-4-1)47-37-48(41-16-5-2-6-17-41)39-49(38-47)43-30-34-51(35-31-43)59(56-26-13-25-55-54-23-9-10-27-57(54)60-58(55)56)50-32-28-42(29-33-50)45-20-11-21-46(36-45)53-24-12-19-44-18-7-8-22-52(44)53/h1-39H. The Hall–Kier alpha value is -7.52. The van der Waals surface area contributed by atoms with Crippen LogP contribution in [0.1, 0.15) is 0 Å². The largest absolute Gasteiger partial charge is 0.309 e. The van der Waals surface area contributed by atoms with Crippen molar-refractivity contribution >= 4 is 59.3 Å². The molecule has 0 saturated carbocycles. The number of hydrogen-bond donors (Lipinski definition) is 0. The van der Waals surface area contributed by atoms with Crippen LogP contribution in [-0.4, -0.2) is 0 Å². The van der Waals surface area contributed by atoms with Crippen LogP contribution >= 0.6 is 11.3 Å². The monoisotopic (exact) mass is 781 g/mol. The van der Waals surface area contributed by atoms with Gasteiger partial charge in [-0.1, -0.05) is 176 Å². The highest BCUT2D eigenvalue weighted by Crippen LogP contribution is 2.45. The second-order valence-corrected chi connectivity index (χ2v) is 16.4. The predicted molar refractivity (Wildman–Crippen MR) is 259 cm³/mol. The third-order valence-electron chi connectivity index (χ3n) is 11.7. The number of fused-ring (bicyclic) bond motifs is 4. The average Bonchev–Trinajstić information content (AvgIpc) is 3.72. The lowest BCUT2D eigenvalue weighted by Crippen LogP contribution is -2.10. The summed E-state index contributed by atoms with van der Waals surface area (Å²) in [6.45, 7) is 0. The molecule has 0 spiro atoms. The van der Waals surface area contributed by atoms with E-state index in [0.717, 1.165) is 11.4 Å². The Morgan fingerprint density at radius 3 is 1.40 bits per heavy atom. The molecule has 0 aliphatic rings. The third kappa shape index (κ3) is 6.63. The minimum Gasteiger partial charge on any atom is -0.309 e.